The fourth-order valence-electron chi connectivity index (χ4n) is 2.40. The zero-order valence-electron chi connectivity index (χ0n) is 13.7. The van der Waals surface area contributed by atoms with Gasteiger partial charge in [-0.05, 0) is 37.1 Å². The van der Waals surface area contributed by atoms with Crippen molar-refractivity contribution in [2.45, 2.75) is 36.9 Å². The third-order valence-corrected chi connectivity index (χ3v) is 4.77. The second kappa shape index (κ2) is 8.03. The standard InChI is InChI=1S/C17H19N5O2S/c18-11-12-1-5-14(6-2-12)24-9-10-25-17-21-20-16(13-3-4-13)22(17)8-7-15(19)23/h1-2,5-6,13H,3-4,7-10H2,(H2,19,23). The van der Waals surface area contributed by atoms with E-state index in [1.807, 2.05) is 4.57 Å². The maximum atomic E-state index is 11.1. The Kier molecular flexibility index (Phi) is 5.56. The van der Waals surface area contributed by atoms with Crippen LogP contribution in [0.2, 0.25) is 0 Å². The molecule has 130 valence electrons. The van der Waals surface area contributed by atoms with Gasteiger partial charge in [-0.2, -0.15) is 5.26 Å². The van der Waals surface area contributed by atoms with E-state index in [4.69, 9.17) is 15.7 Å². The fraction of sp³-hybridized carbons (Fsp3) is 0.412. The minimum atomic E-state index is -0.324. The van der Waals surface area contributed by atoms with Crippen molar-refractivity contribution >= 4 is 17.7 Å². The zero-order chi connectivity index (χ0) is 17.6. The van der Waals surface area contributed by atoms with Crippen LogP contribution in [0, 0.1) is 11.3 Å². The number of benzene rings is 1. The molecule has 7 nitrogen and oxygen atoms in total. The highest BCUT2D eigenvalue weighted by Gasteiger charge is 2.30. The largest absolute Gasteiger partial charge is 0.493 e. The summed E-state index contributed by atoms with van der Waals surface area (Å²) in [4.78, 5) is 11.1. The van der Waals surface area contributed by atoms with Crippen LogP contribution in [-0.2, 0) is 11.3 Å². The summed E-state index contributed by atoms with van der Waals surface area (Å²) in [5.41, 5.74) is 5.88. The number of primary amides is 1. The third-order valence-electron chi connectivity index (χ3n) is 3.84. The highest BCUT2D eigenvalue weighted by atomic mass is 32.2. The van der Waals surface area contributed by atoms with E-state index in [1.54, 1.807) is 36.0 Å². The summed E-state index contributed by atoms with van der Waals surface area (Å²) in [6.45, 7) is 1.03. The van der Waals surface area contributed by atoms with Crippen LogP contribution < -0.4 is 10.5 Å². The molecule has 0 spiro atoms. The molecule has 0 saturated heterocycles. The molecule has 3 rings (SSSR count). The van der Waals surface area contributed by atoms with Gasteiger partial charge in [-0.1, -0.05) is 11.8 Å². The number of rotatable bonds is 9. The number of hydrogen-bond acceptors (Lipinski definition) is 6. The molecule has 1 saturated carbocycles. The van der Waals surface area contributed by atoms with E-state index in [0.717, 1.165) is 29.6 Å². The third kappa shape index (κ3) is 4.73. The first kappa shape index (κ1) is 17.3. The van der Waals surface area contributed by atoms with E-state index < -0.39 is 0 Å². The second-order valence-corrected chi connectivity index (χ2v) is 6.88. The molecule has 0 aliphatic heterocycles. The van der Waals surface area contributed by atoms with Gasteiger partial charge in [0.05, 0.1) is 18.2 Å². The average molecular weight is 357 g/mol. The smallest absolute Gasteiger partial charge is 0.219 e. The minimum Gasteiger partial charge on any atom is -0.493 e. The Bertz CT molecular complexity index is 777. The lowest BCUT2D eigenvalue weighted by Gasteiger charge is -2.09. The quantitative estimate of drug-likeness (QED) is 0.544. The van der Waals surface area contributed by atoms with Crippen LogP contribution in [0.3, 0.4) is 0 Å². The van der Waals surface area contributed by atoms with E-state index in [0.29, 0.717) is 30.4 Å². The van der Waals surface area contributed by atoms with Gasteiger partial charge in [-0.15, -0.1) is 10.2 Å². The van der Waals surface area contributed by atoms with Gasteiger partial charge >= 0.3 is 0 Å². The lowest BCUT2D eigenvalue weighted by atomic mass is 10.2. The molecule has 2 aromatic rings. The molecule has 1 aromatic heterocycles. The Morgan fingerprint density at radius 2 is 2.12 bits per heavy atom. The second-order valence-electron chi connectivity index (χ2n) is 5.82. The normalized spacial score (nSPS) is 13.4. The topological polar surface area (TPSA) is 107 Å². The Labute approximate surface area is 150 Å². The molecule has 1 heterocycles. The molecule has 1 aromatic carbocycles. The number of hydrogen-bond donors (Lipinski definition) is 1. The Morgan fingerprint density at radius 1 is 1.36 bits per heavy atom. The first-order chi connectivity index (χ1) is 12.2. The monoisotopic (exact) mass is 357 g/mol. The van der Waals surface area contributed by atoms with Crippen molar-refractivity contribution in [3.8, 4) is 11.8 Å². The SMILES string of the molecule is N#Cc1ccc(OCCSc2nnc(C3CC3)n2CCC(N)=O)cc1. The molecule has 1 aliphatic carbocycles. The molecule has 0 atom stereocenters. The molecule has 0 radical (unpaired) electrons. The zero-order valence-corrected chi connectivity index (χ0v) is 14.5. The van der Waals surface area contributed by atoms with Gasteiger partial charge < -0.3 is 15.0 Å². The number of nitrogens with zero attached hydrogens (tertiary/aromatic N) is 4. The number of nitriles is 1. The number of carbonyl (C=O) groups excluding carboxylic acids is 1. The number of carbonyl (C=O) groups is 1. The van der Waals surface area contributed by atoms with E-state index in [9.17, 15) is 4.79 Å². The van der Waals surface area contributed by atoms with Crippen molar-refractivity contribution in [3.63, 3.8) is 0 Å². The Hall–Kier alpha value is -2.53. The van der Waals surface area contributed by atoms with Crippen molar-refractivity contribution < 1.29 is 9.53 Å². The lowest BCUT2D eigenvalue weighted by Crippen LogP contribution is -2.15. The first-order valence-corrected chi connectivity index (χ1v) is 9.13. The van der Waals surface area contributed by atoms with E-state index in [-0.39, 0.29) is 12.3 Å². The predicted molar refractivity (Wildman–Crippen MR) is 93.2 cm³/mol. The summed E-state index contributed by atoms with van der Waals surface area (Å²) < 4.78 is 7.68. The number of thioether (sulfide) groups is 1. The molecule has 1 fully saturated rings. The number of ether oxygens (including phenoxy) is 1. The van der Waals surface area contributed by atoms with Crippen LogP contribution in [0.25, 0.3) is 0 Å². The minimum absolute atomic E-state index is 0.285. The highest BCUT2D eigenvalue weighted by molar-refractivity contribution is 7.99. The summed E-state index contributed by atoms with van der Waals surface area (Å²) in [7, 11) is 0. The number of aromatic nitrogens is 3. The van der Waals surface area contributed by atoms with Crippen molar-refractivity contribution in [2.24, 2.45) is 5.73 Å². The van der Waals surface area contributed by atoms with Gasteiger partial charge in [0.25, 0.3) is 0 Å². The summed E-state index contributed by atoms with van der Waals surface area (Å²) in [6.07, 6.45) is 2.54. The van der Waals surface area contributed by atoms with Gasteiger partial charge in [-0.3, -0.25) is 4.79 Å². The van der Waals surface area contributed by atoms with Gasteiger partial charge in [0.15, 0.2) is 5.16 Å². The van der Waals surface area contributed by atoms with Crippen LogP contribution in [0.1, 0.15) is 36.6 Å². The van der Waals surface area contributed by atoms with Crippen molar-refractivity contribution in [3.05, 3.63) is 35.7 Å². The highest BCUT2D eigenvalue weighted by Crippen LogP contribution is 2.40. The van der Waals surface area contributed by atoms with Crippen molar-refractivity contribution in [2.75, 3.05) is 12.4 Å². The molecular weight excluding hydrogens is 338 g/mol. The van der Waals surface area contributed by atoms with Gasteiger partial charge in [-0.25, -0.2) is 0 Å². The van der Waals surface area contributed by atoms with Gasteiger partial charge in [0.2, 0.25) is 5.91 Å². The molecule has 2 N–H and O–H groups in total. The fourth-order valence-corrected chi connectivity index (χ4v) is 3.19. The lowest BCUT2D eigenvalue weighted by molar-refractivity contribution is -0.118. The van der Waals surface area contributed by atoms with Crippen LogP contribution >= 0.6 is 11.8 Å². The summed E-state index contributed by atoms with van der Waals surface area (Å²) in [6, 6.07) is 9.09. The number of amides is 1. The van der Waals surface area contributed by atoms with E-state index >= 15 is 0 Å². The van der Waals surface area contributed by atoms with Crippen molar-refractivity contribution in [1.82, 2.24) is 14.8 Å². The van der Waals surface area contributed by atoms with Crippen LogP contribution in [-0.4, -0.2) is 33.0 Å². The Balaban J connectivity index is 1.53. The molecule has 1 amide bonds. The van der Waals surface area contributed by atoms with Crippen molar-refractivity contribution in [1.29, 1.82) is 5.26 Å². The summed E-state index contributed by atoms with van der Waals surface area (Å²) in [5, 5.41) is 18.1. The van der Waals surface area contributed by atoms with Gasteiger partial charge in [0, 0.05) is 24.6 Å². The predicted octanol–water partition coefficient (Wildman–Crippen LogP) is 2.07. The van der Waals surface area contributed by atoms with E-state index in [2.05, 4.69) is 16.3 Å². The van der Waals surface area contributed by atoms with E-state index in [1.165, 1.54) is 0 Å². The molecule has 0 bridgehead atoms. The van der Waals surface area contributed by atoms with Crippen LogP contribution in [0.4, 0.5) is 0 Å². The summed E-state index contributed by atoms with van der Waals surface area (Å²) >= 11 is 1.55. The molecule has 25 heavy (non-hydrogen) atoms. The molecule has 8 heteroatoms. The van der Waals surface area contributed by atoms with Gasteiger partial charge in [0.1, 0.15) is 11.6 Å². The first-order valence-electron chi connectivity index (χ1n) is 8.14. The average Bonchev–Trinajstić information content (AvgIpc) is 3.38. The van der Waals surface area contributed by atoms with Crippen LogP contribution in [0.15, 0.2) is 29.4 Å². The molecule has 0 unspecified atom stereocenters. The Morgan fingerprint density at radius 3 is 2.76 bits per heavy atom. The maximum absolute atomic E-state index is 11.1. The molecular formula is C17H19N5O2S. The maximum Gasteiger partial charge on any atom is 0.219 e. The molecule has 1 aliphatic rings. The van der Waals surface area contributed by atoms with Crippen LogP contribution in [0.5, 0.6) is 5.75 Å². The number of nitrogens with two attached hydrogens (primary N) is 1. The summed E-state index contributed by atoms with van der Waals surface area (Å²) in [5.74, 6) is 2.53.